The van der Waals surface area contributed by atoms with Gasteiger partial charge in [-0.05, 0) is 36.4 Å². The molecule has 0 unspecified atom stereocenters. The van der Waals surface area contributed by atoms with Crippen LogP contribution in [0.25, 0.3) is 0 Å². The highest BCUT2D eigenvalue weighted by Gasteiger charge is 2.30. The van der Waals surface area contributed by atoms with Crippen LogP contribution in [-0.2, 0) is 11.0 Å². The molecule has 158 valence electrons. The fraction of sp³-hybridized carbons (Fsp3) is 0.350. The summed E-state index contributed by atoms with van der Waals surface area (Å²) in [5, 5.41) is 3.24. The second-order valence-corrected chi connectivity index (χ2v) is 7.12. The number of rotatable bonds is 5. The van der Waals surface area contributed by atoms with Gasteiger partial charge in [-0.25, -0.2) is 0 Å². The fourth-order valence-corrected chi connectivity index (χ4v) is 3.34. The molecule has 0 aromatic heterocycles. The Morgan fingerprint density at radius 2 is 1.72 bits per heavy atom. The van der Waals surface area contributed by atoms with E-state index in [1.54, 1.807) is 0 Å². The minimum Gasteiger partial charge on any atom is -0.369 e. The highest BCUT2D eigenvalue weighted by atomic mass is 35.5. The van der Waals surface area contributed by atoms with Gasteiger partial charge in [0.2, 0.25) is 5.91 Å². The van der Waals surface area contributed by atoms with Crippen LogP contribution in [0.1, 0.15) is 12.0 Å². The zero-order valence-corrected chi connectivity index (χ0v) is 17.2. The average Bonchev–Trinajstić information content (AvgIpc) is 2.66. The first-order valence-electron chi connectivity index (χ1n) is 9.01. The summed E-state index contributed by atoms with van der Waals surface area (Å²) >= 11 is 6.03. The molecule has 0 saturated carbocycles. The highest BCUT2D eigenvalue weighted by molar-refractivity contribution is 6.30. The summed E-state index contributed by atoms with van der Waals surface area (Å²) in [7, 11) is 0. The van der Waals surface area contributed by atoms with E-state index in [2.05, 4.69) is 15.1 Å². The molecule has 2 aromatic carbocycles. The number of carbonyl (C=O) groups excluding carboxylic acids is 1. The normalized spacial score (nSPS) is 15.0. The number of benzene rings is 2. The van der Waals surface area contributed by atoms with Gasteiger partial charge in [-0.3, -0.25) is 9.69 Å². The van der Waals surface area contributed by atoms with Crippen LogP contribution < -0.4 is 10.2 Å². The van der Waals surface area contributed by atoms with E-state index >= 15 is 0 Å². The number of halogens is 5. The van der Waals surface area contributed by atoms with Crippen molar-refractivity contribution < 1.29 is 18.0 Å². The molecule has 9 heteroatoms. The van der Waals surface area contributed by atoms with Gasteiger partial charge in [-0.1, -0.05) is 23.7 Å². The van der Waals surface area contributed by atoms with Crippen molar-refractivity contribution in [2.45, 2.75) is 12.6 Å². The maximum atomic E-state index is 12.7. The summed E-state index contributed by atoms with van der Waals surface area (Å²) in [6.07, 6.45) is -4.20. The van der Waals surface area contributed by atoms with E-state index < -0.39 is 11.7 Å². The van der Waals surface area contributed by atoms with Crippen molar-refractivity contribution in [2.75, 3.05) is 42.9 Å². The van der Waals surface area contributed by atoms with E-state index in [0.717, 1.165) is 44.0 Å². The van der Waals surface area contributed by atoms with Crippen molar-refractivity contribution >= 4 is 41.3 Å². The summed E-state index contributed by atoms with van der Waals surface area (Å²) < 4.78 is 38.2. The monoisotopic (exact) mass is 447 g/mol. The van der Waals surface area contributed by atoms with Gasteiger partial charge >= 0.3 is 6.18 Å². The van der Waals surface area contributed by atoms with E-state index in [9.17, 15) is 18.0 Å². The number of nitrogens with one attached hydrogen (secondary N) is 1. The molecule has 1 heterocycles. The Bertz CT molecular complexity index is 825. The summed E-state index contributed by atoms with van der Waals surface area (Å²) in [4.78, 5) is 16.5. The largest absolute Gasteiger partial charge is 0.416 e. The van der Waals surface area contributed by atoms with E-state index in [1.807, 2.05) is 24.3 Å². The summed E-state index contributed by atoms with van der Waals surface area (Å²) in [5.41, 5.74) is 0.461. The Morgan fingerprint density at radius 3 is 2.38 bits per heavy atom. The van der Waals surface area contributed by atoms with Gasteiger partial charge in [0.1, 0.15) is 0 Å². The van der Waals surface area contributed by atoms with E-state index in [1.165, 1.54) is 12.1 Å². The van der Waals surface area contributed by atoms with Gasteiger partial charge in [0, 0.05) is 55.5 Å². The van der Waals surface area contributed by atoms with Crippen molar-refractivity contribution in [3.63, 3.8) is 0 Å². The molecule has 1 aliphatic rings. The molecular formula is C20H22Cl2F3N3O. The maximum absolute atomic E-state index is 12.7. The molecule has 1 saturated heterocycles. The van der Waals surface area contributed by atoms with Crippen LogP contribution in [0.5, 0.6) is 0 Å². The molecule has 29 heavy (non-hydrogen) atoms. The first-order chi connectivity index (χ1) is 13.3. The fourth-order valence-electron chi connectivity index (χ4n) is 3.16. The zero-order valence-electron chi connectivity index (χ0n) is 15.6. The van der Waals surface area contributed by atoms with Gasteiger partial charge in [0.15, 0.2) is 0 Å². The standard InChI is InChI=1S/C20H21ClF3N3O.ClH/c21-16-4-2-6-18(14-16)27-11-9-26(10-12-27)8-7-19(28)25-17-5-1-3-15(13-17)20(22,23)24;/h1-6,13-14H,7-12H2,(H,25,28);1H. The number of anilines is 2. The number of hydrogen-bond donors (Lipinski definition) is 1. The van der Waals surface area contributed by atoms with Crippen molar-refractivity contribution in [1.29, 1.82) is 0 Å². The van der Waals surface area contributed by atoms with Crippen molar-refractivity contribution in [3.8, 4) is 0 Å². The zero-order chi connectivity index (χ0) is 20.1. The molecule has 0 atom stereocenters. The molecule has 3 rings (SSSR count). The molecule has 1 N–H and O–H groups in total. The van der Waals surface area contributed by atoms with E-state index in [0.29, 0.717) is 11.6 Å². The Hall–Kier alpha value is -1.96. The minimum absolute atomic E-state index is 0. The number of alkyl halides is 3. The maximum Gasteiger partial charge on any atom is 0.416 e. The Morgan fingerprint density at radius 1 is 1.03 bits per heavy atom. The van der Waals surface area contributed by atoms with Crippen LogP contribution in [0, 0.1) is 0 Å². The molecule has 1 fully saturated rings. The molecule has 2 aromatic rings. The molecule has 4 nitrogen and oxygen atoms in total. The van der Waals surface area contributed by atoms with Crippen LogP contribution in [0.2, 0.25) is 5.02 Å². The van der Waals surface area contributed by atoms with Gasteiger partial charge in [0.25, 0.3) is 0 Å². The van der Waals surface area contributed by atoms with Crippen LogP contribution in [0.3, 0.4) is 0 Å². The second-order valence-electron chi connectivity index (χ2n) is 6.69. The lowest BCUT2D eigenvalue weighted by molar-refractivity contribution is -0.137. The first kappa shape index (κ1) is 23.3. The molecule has 0 spiro atoms. The van der Waals surface area contributed by atoms with E-state index in [-0.39, 0.29) is 30.4 Å². The second kappa shape index (κ2) is 10.2. The Kier molecular flexibility index (Phi) is 8.19. The molecule has 0 radical (unpaired) electrons. The predicted octanol–water partition coefficient (Wildman–Crippen LogP) is 4.93. The van der Waals surface area contributed by atoms with Gasteiger partial charge in [-0.2, -0.15) is 13.2 Å². The van der Waals surface area contributed by atoms with Gasteiger partial charge in [0.05, 0.1) is 5.56 Å². The quantitative estimate of drug-likeness (QED) is 0.705. The minimum atomic E-state index is -4.43. The molecule has 1 aliphatic heterocycles. The lowest BCUT2D eigenvalue weighted by Gasteiger charge is -2.36. The number of nitrogens with zero attached hydrogens (tertiary/aromatic N) is 2. The molecule has 0 bridgehead atoms. The van der Waals surface area contributed by atoms with Crippen LogP contribution >= 0.6 is 24.0 Å². The number of piperazine rings is 1. The summed E-state index contributed by atoms with van der Waals surface area (Å²) in [5.74, 6) is -0.295. The third-order valence-corrected chi connectivity index (χ3v) is 4.91. The SMILES string of the molecule is Cl.O=C(CCN1CCN(c2cccc(Cl)c2)CC1)Nc1cccc(C(F)(F)F)c1. The first-order valence-corrected chi connectivity index (χ1v) is 9.39. The number of amides is 1. The molecule has 0 aliphatic carbocycles. The lowest BCUT2D eigenvalue weighted by Crippen LogP contribution is -2.47. The van der Waals surface area contributed by atoms with Gasteiger partial charge < -0.3 is 10.2 Å². The Labute approximate surface area is 179 Å². The average molecular weight is 448 g/mol. The van der Waals surface area contributed by atoms with Gasteiger partial charge in [-0.15, -0.1) is 12.4 Å². The summed E-state index contributed by atoms with van der Waals surface area (Å²) in [6.45, 7) is 3.84. The predicted molar refractivity (Wildman–Crippen MR) is 112 cm³/mol. The van der Waals surface area contributed by atoms with Crippen molar-refractivity contribution in [3.05, 3.63) is 59.1 Å². The molecule has 1 amide bonds. The highest BCUT2D eigenvalue weighted by Crippen LogP contribution is 2.30. The summed E-state index contributed by atoms with van der Waals surface area (Å²) in [6, 6.07) is 12.4. The van der Waals surface area contributed by atoms with Crippen molar-refractivity contribution in [1.82, 2.24) is 4.90 Å². The third kappa shape index (κ3) is 6.80. The van der Waals surface area contributed by atoms with Crippen molar-refractivity contribution in [2.24, 2.45) is 0 Å². The number of carbonyl (C=O) groups is 1. The van der Waals surface area contributed by atoms with Crippen LogP contribution in [0.4, 0.5) is 24.5 Å². The Balaban J connectivity index is 0.00000300. The topological polar surface area (TPSA) is 35.6 Å². The van der Waals surface area contributed by atoms with Crippen LogP contribution in [0.15, 0.2) is 48.5 Å². The van der Waals surface area contributed by atoms with Crippen LogP contribution in [-0.4, -0.2) is 43.5 Å². The lowest BCUT2D eigenvalue weighted by atomic mass is 10.2. The molecular weight excluding hydrogens is 426 g/mol. The number of hydrogen-bond acceptors (Lipinski definition) is 3. The van der Waals surface area contributed by atoms with E-state index in [4.69, 9.17) is 11.6 Å². The third-order valence-electron chi connectivity index (χ3n) is 4.67. The smallest absolute Gasteiger partial charge is 0.369 e.